The van der Waals surface area contributed by atoms with Crippen LogP contribution in [0.1, 0.15) is 18.5 Å². The molecular weight excluding hydrogens is 406 g/mol. The first kappa shape index (κ1) is 21.9. The Morgan fingerprint density at radius 1 is 1.23 bits per heavy atom. The summed E-state index contributed by atoms with van der Waals surface area (Å²) in [4.78, 5) is 12.4. The van der Waals surface area contributed by atoms with E-state index in [2.05, 4.69) is 15.6 Å². The van der Waals surface area contributed by atoms with Gasteiger partial charge < -0.3 is 10.1 Å². The molecule has 30 heavy (non-hydrogen) atoms. The molecule has 0 saturated heterocycles. The zero-order valence-electron chi connectivity index (χ0n) is 17.1. The van der Waals surface area contributed by atoms with Crippen LogP contribution in [-0.2, 0) is 26.1 Å². The summed E-state index contributed by atoms with van der Waals surface area (Å²) in [6.45, 7) is 2.54. The van der Waals surface area contributed by atoms with Gasteiger partial charge in [-0.25, -0.2) is 13.1 Å². The molecule has 0 unspecified atom stereocenters. The molecule has 2 aromatic carbocycles. The molecule has 0 saturated carbocycles. The Morgan fingerprint density at radius 2 is 1.97 bits per heavy atom. The van der Waals surface area contributed by atoms with E-state index in [4.69, 9.17) is 4.74 Å². The van der Waals surface area contributed by atoms with Crippen molar-refractivity contribution in [2.75, 3.05) is 27.3 Å². The summed E-state index contributed by atoms with van der Waals surface area (Å²) >= 11 is 0. The van der Waals surface area contributed by atoms with Crippen molar-refractivity contribution >= 4 is 27.0 Å². The van der Waals surface area contributed by atoms with Crippen LogP contribution < -0.4 is 5.32 Å². The Labute approximate surface area is 175 Å². The molecule has 3 aromatic rings. The third kappa shape index (κ3) is 4.84. The lowest BCUT2D eigenvalue weighted by Gasteiger charge is -2.19. The van der Waals surface area contributed by atoms with E-state index < -0.39 is 10.0 Å². The fourth-order valence-corrected chi connectivity index (χ4v) is 4.18. The number of nitrogens with zero attached hydrogens (tertiary/aromatic N) is 4. The van der Waals surface area contributed by atoms with Crippen molar-refractivity contribution in [1.82, 2.24) is 24.6 Å². The number of hydrogen-bond acceptors (Lipinski definition) is 6. The molecule has 1 aromatic heterocycles. The van der Waals surface area contributed by atoms with E-state index in [-0.39, 0.29) is 23.4 Å². The Hall–Kier alpha value is -2.82. The number of sulfonamides is 1. The van der Waals surface area contributed by atoms with Crippen LogP contribution >= 0.6 is 0 Å². The van der Waals surface area contributed by atoms with Gasteiger partial charge in [-0.15, -0.1) is 5.10 Å². The number of benzene rings is 2. The number of nitrogens with one attached hydrogen (secondary N) is 1. The molecule has 0 spiro atoms. The summed E-state index contributed by atoms with van der Waals surface area (Å²) in [5.74, 6) is -0.385. The van der Waals surface area contributed by atoms with Gasteiger partial charge in [0.25, 0.3) is 0 Å². The first-order chi connectivity index (χ1) is 14.3. The number of carbonyl (C=O) groups excluding carboxylic acids is 1. The van der Waals surface area contributed by atoms with Gasteiger partial charge in [-0.1, -0.05) is 35.5 Å². The highest BCUT2D eigenvalue weighted by molar-refractivity contribution is 7.89. The highest BCUT2D eigenvalue weighted by atomic mass is 32.2. The van der Waals surface area contributed by atoms with Gasteiger partial charge in [0.2, 0.25) is 15.9 Å². The monoisotopic (exact) mass is 431 g/mol. The maximum Gasteiger partial charge on any atom is 0.243 e. The molecule has 1 atom stereocenters. The largest absolute Gasteiger partial charge is 0.383 e. The first-order valence-electron chi connectivity index (χ1n) is 9.45. The van der Waals surface area contributed by atoms with Gasteiger partial charge in [-0.3, -0.25) is 4.79 Å². The quantitative estimate of drug-likeness (QED) is 0.551. The third-order valence-corrected chi connectivity index (χ3v) is 6.54. The summed E-state index contributed by atoms with van der Waals surface area (Å²) in [5.41, 5.74) is 2.11. The Bertz CT molecular complexity index is 1110. The van der Waals surface area contributed by atoms with Crippen LogP contribution in [0.2, 0.25) is 0 Å². The minimum absolute atomic E-state index is 0.0557. The molecule has 0 radical (unpaired) electrons. The molecule has 1 amide bonds. The summed E-state index contributed by atoms with van der Waals surface area (Å²) < 4.78 is 33.5. The van der Waals surface area contributed by atoms with Crippen LogP contribution in [-0.4, -0.2) is 60.9 Å². The van der Waals surface area contributed by atoms with Gasteiger partial charge >= 0.3 is 0 Å². The minimum atomic E-state index is -3.86. The molecule has 1 heterocycles. The SMILES string of the molecule is COCCn1nnc2cc(S(=O)(=O)N(C)CC(=O)N[C@H](C)c3ccccc3)ccc21. The molecule has 0 fully saturated rings. The lowest BCUT2D eigenvalue weighted by molar-refractivity contribution is -0.121. The molecule has 0 aliphatic carbocycles. The zero-order valence-corrected chi connectivity index (χ0v) is 18.0. The van der Waals surface area contributed by atoms with E-state index in [0.29, 0.717) is 24.2 Å². The number of ether oxygens (including phenoxy) is 1. The molecule has 9 nitrogen and oxygen atoms in total. The number of hydrogen-bond donors (Lipinski definition) is 1. The van der Waals surface area contributed by atoms with Crippen LogP contribution in [0.15, 0.2) is 53.4 Å². The maximum absolute atomic E-state index is 12.9. The van der Waals surface area contributed by atoms with Crippen LogP contribution in [0.5, 0.6) is 0 Å². The second-order valence-electron chi connectivity index (χ2n) is 6.92. The van der Waals surface area contributed by atoms with Crippen molar-refractivity contribution in [2.45, 2.75) is 24.4 Å². The highest BCUT2D eigenvalue weighted by Gasteiger charge is 2.24. The zero-order chi connectivity index (χ0) is 21.7. The average Bonchev–Trinajstić information content (AvgIpc) is 3.14. The number of amides is 1. The Balaban J connectivity index is 1.70. The lowest BCUT2D eigenvalue weighted by Crippen LogP contribution is -2.39. The van der Waals surface area contributed by atoms with Gasteiger partial charge in [0, 0.05) is 14.2 Å². The molecule has 3 rings (SSSR count). The van der Waals surface area contributed by atoms with Gasteiger partial charge in [0.05, 0.1) is 36.2 Å². The summed E-state index contributed by atoms with van der Waals surface area (Å²) in [7, 11) is -0.892. The first-order valence-corrected chi connectivity index (χ1v) is 10.9. The van der Waals surface area contributed by atoms with Crippen LogP contribution in [0.3, 0.4) is 0 Å². The van der Waals surface area contributed by atoms with Gasteiger partial charge in [-0.05, 0) is 30.7 Å². The lowest BCUT2D eigenvalue weighted by atomic mass is 10.1. The number of rotatable bonds is 9. The number of aromatic nitrogens is 3. The van der Waals surface area contributed by atoms with Crippen LogP contribution in [0.25, 0.3) is 11.0 Å². The third-order valence-electron chi connectivity index (χ3n) is 4.74. The van der Waals surface area contributed by atoms with Gasteiger partial charge in [0.15, 0.2) is 0 Å². The van der Waals surface area contributed by atoms with E-state index in [9.17, 15) is 13.2 Å². The minimum Gasteiger partial charge on any atom is -0.383 e. The van der Waals surface area contributed by atoms with E-state index in [1.165, 1.54) is 19.2 Å². The summed E-state index contributed by atoms with van der Waals surface area (Å²) in [5, 5.41) is 10.9. The van der Waals surface area contributed by atoms with Crippen LogP contribution in [0, 0.1) is 0 Å². The average molecular weight is 432 g/mol. The van der Waals surface area contributed by atoms with Crippen molar-refractivity contribution in [3.05, 3.63) is 54.1 Å². The van der Waals surface area contributed by atoms with Crippen molar-refractivity contribution in [3.63, 3.8) is 0 Å². The van der Waals surface area contributed by atoms with Crippen molar-refractivity contribution < 1.29 is 17.9 Å². The summed E-state index contributed by atoms with van der Waals surface area (Å²) in [6, 6.07) is 13.9. The number of fused-ring (bicyclic) bond motifs is 1. The smallest absolute Gasteiger partial charge is 0.243 e. The molecule has 0 aliphatic heterocycles. The second kappa shape index (κ2) is 9.33. The number of likely N-dealkylation sites (N-methyl/N-ethyl adjacent to an activating group) is 1. The fourth-order valence-electron chi connectivity index (χ4n) is 3.03. The normalized spacial score (nSPS) is 12.9. The fraction of sp³-hybridized carbons (Fsp3) is 0.350. The summed E-state index contributed by atoms with van der Waals surface area (Å²) in [6.07, 6.45) is 0. The van der Waals surface area contributed by atoms with Crippen molar-refractivity contribution in [2.24, 2.45) is 0 Å². The molecule has 0 bridgehead atoms. The van der Waals surface area contributed by atoms with E-state index in [1.54, 1.807) is 17.9 Å². The number of methoxy groups -OCH3 is 1. The molecular formula is C20H25N5O4S. The standard InChI is InChI=1S/C20H25N5O4S/c1-15(16-7-5-4-6-8-16)21-20(26)14-24(2)30(27,28)17-9-10-19-18(13-17)22-23-25(19)11-12-29-3/h4-10,13,15H,11-12,14H2,1-3H3,(H,21,26)/t15-/m1/s1. The Kier molecular flexibility index (Phi) is 6.80. The van der Waals surface area contributed by atoms with Crippen molar-refractivity contribution in [1.29, 1.82) is 0 Å². The maximum atomic E-state index is 12.9. The molecule has 0 aliphatic rings. The number of carbonyl (C=O) groups is 1. The van der Waals surface area contributed by atoms with E-state index in [0.717, 1.165) is 9.87 Å². The topological polar surface area (TPSA) is 106 Å². The Morgan fingerprint density at radius 3 is 2.67 bits per heavy atom. The van der Waals surface area contributed by atoms with Gasteiger partial charge in [0.1, 0.15) is 5.52 Å². The van der Waals surface area contributed by atoms with Crippen molar-refractivity contribution in [3.8, 4) is 0 Å². The predicted octanol–water partition coefficient (Wildman–Crippen LogP) is 1.58. The second-order valence-corrected chi connectivity index (χ2v) is 8.96. The van der Waals surface area contributed by atoms with E-state index >= 15 is 0 Å². The molecule has 160 valence electrons. The van der Waals surface area contributed by atoms with E-state index in [1.807, 2.05) is 37.3 Å². The van der Waals surface area contributed by atoms with Crippen LogP contribution in [0.4, 0.5) is 0 Å². The van der Waals surface area contributed by atoms with Gasteiger partial charge in [-0.2, -0.15) is 4.31 Å². The highest BCUT2D eigenvalue weighted by Crippen LogP contribution is 2.20. The molecule has 10 heteroatoms. The predicted molar refractivity (Wildman–Crippen MR) is 112 cm³/mol. The molecule has 1 N–H and O–H groups in total.